The normalized spacial score (nSPS) is 18.4. The number of pyridine rings is 1. The van der Waals surface area contributed by atoms with Gasteiger partial charge < -0.3 is 15.4 Å². The highest BCUT2D eigenvalue weighted by Gasteiger charge is 2.39. The number of rotatable bonds is 13. The van der Waals surface area contributed by atoms with Crippen LogP contribution < -0.4 is 10.3 Å². The molecule has 2 aromatic heterocycles. The highest BCUT2D eigenvalue weighted by molar-refractivity contribution is 8.00. The van der Waals surface area contributed by atoms with E-state index in [0.29, 0.717) is 46.3 Å². The molecule has 1 aliphatic carbocycles. The lowest BCUT2D eigenvalue weighted by molar-refractivity contribution is -0.749. The zero-order valence-electron chi connectivity index (χ0n) is 26.6. The number of hydrogen-bond acceptors (Lipinski definition) is 8. The van der Waals surface area contributed by atoms with Crippen LogP contribution in [0.5, 0.6) is 0 Å². The maximum absolute atomic E-state index is 13.7. The summed E-state index contributed by atoms with van der Waals surface area (Å²) in [5, 5.41) is 20.9. The number of carbonyl (C=O) groups excluding carboxylic acids is 2. The van der Waals surface area contributed by atoms with E-state index in [1.807, 2.05) is 60.4 Å². The molecule has 1 fully saturated rings. The zero-order valence-corrected chi connectivity index (χ0v) is 27.4. The van der Waals surface area contributed by atoms with E-state index in [4.69, 9.17) is 0 Å². The fraction of sp³-hybridized carbons (Fsp3) is 0.417. The van der Waals surface area contributed by atoms with E-state index in [2.05, 4.69) is 52.6 Å². The zero-order chi connectivity index (χ0) is 32.0. The Bertz CT molecular complexity index is 1650. The third-order valence-electron chi connectivity index (χ3n) is 9.06. The molecule has 2 aromatic carbocycles. The van der Waals surface area contributed by atoms with Gasteiger partial charge in [-0.15, -0.1) is 16.4 Å². The Morgan fingerprint density at radius 3 is 2.59 bits per heavy atom. The number of benzene rings is 2. The number of carbonyl (C=O) groups is 2. The first-order valence-electron chi connectivity index (χ1n) is 16.3. The number of thioether (sulfide) groups is 1. The highest BCUT2D eigenvalue weighted by Crippen LogP contribution is 2.32. The Morgan fingerprint density at radius 2 is 1.85 bits per heavy atom. The molecule has 2 aliphatic rings. The number of hydrogen-bond donors (Lipinski definition) is 1. The van der Waals surface area contributed by atoms with Crippen LogP contribution in [-0.2, 0) is 13.0 Å². The lowest BCUT2D eigenvalue weighted by atomic mass is 9.87. The lowest BCUT2D eigenvalue weighted by Crippen LogP contribution is -2.42. The quantitative estimate of drug-likeness (QED) is 0.109. The maximum atomic E-state index is 13.7. The first-order valence-corrected chi connectivity index (χ1v) is 17.2. The molecule has 3 heterocycles. The molecule has 0 radical (unpaired) electrons. The highest BCUT2D eigenvalue weighted by atomic mass is 32.2. The van der Waals surface area contributed by atoms with E-state index < -0.39 is 0 Å². The van der Waals surface area contributed by atoms with E-state index in [9.17, 15) is 14.8 Å². The van der Waals surface area contributed by atoms with Crippen molar-refractivity contribution in [3.63, 3.8) is 0 Å². The van der Waals surface area contributed by atoms with E-state index in [0.717, 1.165) is 62.9 Å². The van der Waals surface area contributed by atoms with Gasteiger partial charge in [-0.25, -0.2) is 0 Å². The molecule has 3 unspecified atom stereocenters. The summed E-state index contributed by atoms with van der Waals surface area (Å²) < 4.78 is 1.34. The first-order chi connectivity index (χ1) is 22.4. The van der Waals surface area contributed by atoms with Gasteiger partial charge in [-0.3, -0.25) is 14.6 Å². The Kier molecular flexibility index (Phi) is 10.3. The van der Waals surface area contributed by atoms with Crippen molar-refractivity contribution in [3.8, 4) is 0 Å². The Balaban J connectivity index is 1.11. The second kappa shape index (κ2) is 14.7. The van der Waals surface area contributed by atoms with Gasteiger partial charge in [0, 0.05) is 61.7 Å². The summed E-state index contributed by atoms with van der Waals surface area (Å²) in [4.78, 5) is 35.7. The van der Waals surface area contributed by atoms with Crippen molar-refractivity contribution >= 4 is 23.3 Å². The van der Waals surface area contributed by atoms with Crippen molar-refractivity contribution < 1.29 is 14.5 Å². The summed E-state index contributed by atoms with van der Waals surface area (Å²) >= 11 is 1.85. The summed E-state index contributed by atoms with van der Waals surface area (Å²) in [6, 6.07) is 22.3. The van der Waals surface area contributed by atoms with Crippen molar-refractivity contribution in [1.82, 2.24) is 25.0 Å². The van der Waals surface area contributed by atoms with Crippen LogP contribution in [0.3, 0.4) is 0 Å². The summed E-state index contributed by atoms with van der Waals surface area (Å²) in [6.45, 7) is 2.20. The molecule has 6 rings (SSSR count). The summed E-state index contributed by atoms with van der Waals surface area (Å²) in [5.41, 5.74) is 2.87. The van der Waals surface area contributed by atoms with Crippen LogP contribution in [0.4, 0.5) is 0 Å². The smallest absolute Gasteiger partial charge is 0.220 e. The number of ketones is 2. The molecular formula is C36H42N6O3S. The van der Waals surface area contributed by atoms with E-state index in [-0.39, 0.29) is 23.0 Å². The second-order valence-electron chi connectivity index (χ2n) is 12.7. The molecule has 46 heavy (non-hydrogen) atoms. The van der Waals surface area contributed by atoms with Crippen molar-refractivity contribution in [2.24, 2.45) is 0 Å². The van der Waals surface area contributed by atoms with Gasteiger partial charge in [0.05, 0.1) is 6.54 Å². The average molecular weight is 639 g/mol. The standard InChI is InChI=1S/C36H42N6O3S/c1-40(2)20-9-13-29(46-28-11-4-3-5-12-28)22-25-15-18-30-31(23-25)35(43)33-34(36(30)44)41(42(45)39-33)21-8-10-27-17-16-26(24-38-27)32-14-6-7-19-37-32/h3-7,11-12,14-15,18-19,23,26-27,29,38H,8-10,13,16-17,20-22,24H2,1-2H3. The molecule has 1 N–H and O–H groups in total. The minimum Gasteiger partial charge on any atom is -0.571 e. The number of aromatic nitrogens is 4. The second-order valence-corrected chi connectivity index (χ2v) is 14.1. The third kappa shape index (κ3) is 7.40. The molecule has 4 aromatic rings. The van der Waals surface area contributed by atoms with E-state index in [1.54, 1.807) is 6.07 Å². The number of piperidine rings is 1. The van der Waals surface area contributed by atoms with Crippen LogP contribution in [-0.4, -0.2) is 69.7 Å². The Hall–Kier alpha value is -3.86. The van der Waals surface area contributed by atoms with Crippen LogP contribution in [0.15, 0.2) is 77.8 Å². The van der Waals surface area contributed by atoms with Crippen LogP contribution in [0.25, 0.3) is 0 Å². The van der Waals surface area contributed by atoms with Crippen LogP contribution in [0.1, 0.15) is 87.8 Å². The molecule has 0 saturated carbocycles. The number of fused-ring (bicyclic) bond motifs is 2. The Morgan fingerprint density at radius 1 is 1.02 bits per heavy atom. The van der Waals surface area contributed by atoms with Gasteiger partial charge >= 0.3 is 0 Å². The largest absolute Gasteiger partial charge is 0.571 e. The minimum absolute atomic E-state index is 0.0418. The van der Waals surface area contributed by atoms with Crippen molar-refractivity contribution in [2.45, 2.75) is 73.6 Å². The summed E-state index contributed by atoms with van der Waals surface area (Å²) in [7, 11) is 4.17. The van der Waals surface area contributed by atoms with Crippen molar-refractivity contribution in [1.29, 1.82) is 0 Å². The molecule has 0 bridgehead atoms. The SMILES string of the molecule is CN(C)CCCC(Cc1ccc2c(c1)C(=O)c1n[n+]([O-])n(CCCC3CCC(c4ccccn4)CN3)c1C2=O)Sc1ccccc1. The third-order valence-corrected chi connectivity index (χ3v) is 10.3. The fourth-order valence-corrected chi connectivity index (χ4v) is 7.90. The van der Waals surface area contributed by atoms with Gasteiger partial charge in [0.15, 0.2) is 5.69 Å². The van der Waals surface area contributed by atoms with Crippen LogP contribution >= 0.6 is 11.8 Å². The molecule has 1 saturated heterocycles. The summed E-state index contributed by atoms with van der Waals surface area (Å²) in [6.07, 6.45) is 8.32. The molecule has 1 aliphatic heterocycles. The van der Waals surface area contributed by atoms with E-state index in [1.165, 1.54) is 9.58 Å². The molecule has 9 nitrogen and oxygen atoms in total. The van der Waals surface area contributed by atoms with Gasteiger partial charge in [0.2, 0.25) is 17.3 Å². The molecule has 0 spiro atoms. The molecular weight excluding hydrogens is 597 g/mol. The van der Waals surface area contributed by atoms with Crippen molar-refractivity contribution in [2.75, 3.05) is 27.2 Å². The van der Waals surface area contributed by atoms with E-state index >= 15 is 0 Å². The van der Waals surface area contributed by atoms with Gasteiger partial charge in [-0.1, -0.05) is 30.3 Å². The lowest BCUT2D eigenvalue weighted by Gasteiger charge is -2.29. The van der Waals surface area contributed by atoms with Gasteiger partial charge in [-0.05, 0) is 108 Å². The number of nitrogens with one attached hydrogen (secondary N) is 1. The van der Waals surface area contributed by atoms with Gasteiger partial charge in [-0.2, -0.15) is 0 Å². The number of nitrogens with zero attached hydrogens (tertiary/aromatic N) is 5. The maximum Gasteiger partial charge on any atom is 0.220 e. The molecule has 0 amide bonds. The summed E-state index contributed by atoms with van der Waals surface area (Å²) in [5.74, 6) is -0.264. The van der Waals surface area contributed by atoms with Gasteiger partial charge in [0.1, 0.15) is 0 Å². The first kappa shape index (κ1) is 32.1. The topological polar surface area (TPSA) is 107 Å². The molecule has 240 valence electrons. The van der Waals surface area contributed by atoms with Crippen molar-refractivity contribution in [3.05, 3.63) is 112 Å². The predicted octanol–water partition coefficient (Wildman–Crippen LogP) is 5.05. The molecule has 10 heteroatoms. The fourth-order valence-electron chi connectivity index (χ4n) is 6.64. The predicted molar refractivity (Wildman–Crippen MR) is 179 cm³/mol. The van der Waals surface area contributed by atoms with Gasteiger partial charge in [0.25, 0.3) is 0 Å². The minimum atomic E-state index is -0.357. The Labute approximate surface area is 275 Å². The average Bonchev–Trinajstić information content (AvgIpc) is 3.40. The van der Waals surface area contributed by atoms with Crippen LogP contribution in [0, 0.1) is 5.21 Å². The molecule has 3 atom stereocenters. The monoisotopic (exact) mass is 638 g/mol. The van der Waals surface area contributed by atoms with Crippen LogP contribution in [0.2, 0.25) is 0 Å².